The number of nitrogens with one attached hydrogen (secondary N) is 3. The Balaban J connectivity index is 1.69. The number of nitrogens with two attached hydrogens (primary N) is 1. The van der Waals surface area contributed by atoms with Crippen LogP contribution in [-0.2, 0) is 17.6 Å². The Morgan fingerprint density at radius 3 is 2.68 bits per heavy atom. The Morgan fingerprint density at radius 1 is 1.15 bits per heavy atom. The third-order valence-electron chi connectivity index (χ3n) is 4.82. The van der Waals surface area contributed by atoms with E-state index in [1.165, 1.54) is 0 Å². The predicted molar refractivity (Wildman–Crippen MR) is 131 cm³/mol. The molecule has 3 aromatic heterocycles. The van der Waals surface area contributed by atoms with Gasteiger partial charge in [0.25, 0.3) is 5.91 Å². The summed E-state index contributed by atoms with van der Waals surface area (Å²) in [6, 6.07) is 14.3. The van der Waals surface area contributed by atoms with Crippen molar-refractivity contribution >= 4 is 34.2 Å². The molecule has 0 saturated carbocycles. The number of aromatic amines is 1. The molecule has 3 heterocycles. The molecule has 174 valence electrons. The number of pyridine rings is 2. The molecule has 11 heteroatoms. The lowest BCUT2D eigenvalue weighted by Gasteiger charge is -2.14. The molecule has 1 atom stereocenters. The van der Waals surface area contributed by atoms with Gasteiger partial charge in [0.2, 0.25) is 0 Å². The lowest BCUT2D eigenvalue weighted by molar-refractivity contribution is 0.100. The van der Waals surface area contributed by atoms with Crippen molar-refractivity contribution in [2.24, 2.45) is 5.73 Å². The minimum Gasteiger partial charge on any atom is -0.487 e. The molecular formula is C23H23N7O3S. The van der Waals surface area contributed by atoms with Gasteiger partial charge in [-0.05, 0) is 42.0 Å². The summed E-state index contributed by atoms with van der Waals surface area (Å²) in [6.45, 7) is 2.09. The van der Waals surface area contributed by atoms with Gasteiger partial charge in [-0.3, -0.25) is 14.9 Å². The highest BCUT2D eigenvalue weighted by Crippen LogP contribution is 2.34. The van der Waals surface area contributed by atoms with Gasteiger partial charge in [-0.25, -0.2) is 9.19 Å². The first-order valence-corrected chi connectivity index (χ1v) is 11.7. The summed E-state index contributed by atoms with van der Waals surface area (Å²) < 4.78 is 21.1. The van der Waals surface area contributed by atoms with Gasteiger partial charge >= 0.3 is 0 Å². The number of hydrogen-bond donors (Lipinski definition) is 4. The maximum absolute atomic E-state index is 12.3. The van der Waals surface area contributed by atoms with Gasteiger partial charge in [-0.2, -0.15) is 5.10 Å². The Kier molecular flexibility index (Phi) is 7.13. The summed E-state index contributed by atoms with van der Waals surface area (Å²) in [5, 5.41) is 10.1. The van der Waals surface area contributed by atoms with Crippen molar-refractivity contribution in [3.8, 4) is 17.0 Å². The average Bonchev–Trinajstić information content (AvgIpc) is 3.28. The molecule has 1 aromatic carbocycles. The molecular weight excluding hydrogens is 454 g/mol. The number of carbonyl (C=O) groups is 1. The molecule has 0 fully saturated rings. The Hall–Kier alpha value is -4.25. The number of amides is 1. The largest absolute Gasteiger partial charge is 0.487 e. The summed E-state index contributed by atoms with van der Waals surface area (Å²) in [7, 11) is -1.27. The minimum absolute atomic E-state index is 0.184. The van der Waals surface area contributed by atoms with E-state index in [4.69, 9.17) is 10.5 Å². The van der Waals surface area contributed by atoms with Gasteiger partial charge in [-0.1, -0.05) is 19.1 Å². The van der Waals surface area contributed by atoms with E-state index >= 15 is 0 Å². The maximum Gasteiger partial charge on any atom is 0.254 e. The van der Waals surface area contributed by atoms with E-state index in [0.29, 0.717) is 34.3 Å². The molecule has 0 aliphatic heterocycles. The van der Waals surface area contributed by atoms with Crippen molar-refractivity contribution in [1.82, 2.24) is 20.2 Å². The number of carbonyl (C=O) groups excluding carboxylic acids is 1. The molecule has 0 aliphatic rings. The summed E-state index contributed by atoms with van der Waals surface area (Å²) >= 11 is 0. The monoisotopic (exact) mass is 477 g/mol. The molecule has 0 bridgehead atoms. The Labute approximate surface area is 198 Å². The quantitative estimate of drug-likeness (QED) is 0.274. The van der Waals surface area contributed by atoms with Crippen molar-refractivity contribution in [1.29, 1.82) is 0 Å². The summed E-state index contributed by atoms with van der Waals surface area (Å²) in [5.74, 6) is 1.01. The zero-order chi connectivity index (χ0) is 23.9. The van der Waals surface area contributed by atoms with Gasteiger partial charge in [0, 0.05) is 29.9 Å². The number of ether oxygens (including phenoxy) is 1. The van der Waals surface area contributed by atoms with Crippen molar-refractivity contribution in [3.05, 3.63) is 78.2 Å². The van der Waals surface area contributed by atoms with Crippen LogP contribution < -0.4 is 20.5 Å². The molecule has 10 nitrogen and oxygen atoms in total. The molecule has 1 unspecified atom stereocenters. The zero-order valence-corrected chi connectivity index (χ0v) is 19.1. The van der Waals surface area contributed by atoms with E-state index in [-0.39, 0.29) is 18.0 Å². The molecule has 4 rings (SSSR count). The molecule has 1 amide bonds. The van der Waals surface area contributed by atoms with Gasteiger partial charge in [-0.15, -0.1) is 0 Å². The highest BCUT2D eigenvalue weighted by molar-refractivity contribution is 7.86. The lowest BCUT2D eigenvalue weighted by atomic mass is 10.1. The molecule has 0 saturated heterocycles. The first-order valence-electron chi connectivity index (χ1n) is 10.4. The Bertz CT molecular complexity index is 1300. The van der Waals surface area contributed by atoms with Gasteiger partial charge in [0.15, 0.2) is 5.82 Å². The van der Waals surface area contributed by atoms with Crippen LogP contribution in [0.25, 0.3) is 11.3 Å². The number of H-pyrrole nitrogens is 1. The number of anilines is 3. The topological polar surface area (TPSA) is 148 Å². The van der Waals surface area contributed by atoms with Crippen molar-refractivity contribution in [3.63, 3.8) is 0 Å². The fourth-order valence-electron chi connectivity index (χ4n) is 3.16. The number of primary amides is 1. The molecule has 0 radical (unpaired) electrons. The highest BCUT2D eigenvalue weighted by atomic mass is 32.2. The second-order valence-electron chi connectivity index (χ2n) is 7.12. The summed E-state index contributed by atoms with van der Waals surface area (Å²) in [4.78, 5) is 20.5. The SMILES string of the molecule is CCS(=O)Nc1ccc(-c2[nH]nc(Nc3ccccn3)c2C(N)=O)cc1OCc1ccncc1. The van der Waals surface area contributed by atoms with E-state index in [1.807, 2.05) is 25.1 Å². The smallest absolute Gasteiger partial charge is 0.254 e. The average molecular weight is 478 g/mol. The molecule has 4 aromatic rings. The van der Waals surface area contributed by atoms with Crippen LogP contribution in [0.1, 0.15) is 22.8 Å². The highest BCUT2D eigenvalue weighted by Gasteiger charge is 2.21. The Morgan fingerprint density at radius 2 is 1.97 bits per heavy atom. The molecule has 0 spiro atoms. The number of hydrogen-bond acceptors (Lipinski definition) is 7. The van der Waals surface area contributed by atoms with Crippen LogP contribution in [0.2, 0.25) is 0 Å². The fourth-order valence-corrected chi connectivity index (χ4v) is 3.71. The summed E-state index contributed by atoms with van der Waals surface area (Å²) in [6.07, 6.45) is 4.98. The van der Waals surface area contributed by atoms with Crippen molar-refractivity contribution in [2.45, 2.75) is 13.5 Å². The van der Waals surface area contributed by atoms with Crippen molar-refractivity contribution in [2.75, 3.05) is 15.8 Å². The first-order chi connectivity index (χ1) is 16.5. The van der Waals surface area contributed by atoms with Crippen LogP contribution in [0.5, 0.6) is 5.75 Å². The predicted octanol–water partition coefficient (Wildman–Crippen LogP) is 3.38. The van der Waals surface area contributed by atoms with E-state index in [2.05, 4.69) is 30.2 Å². The van der Waals surface area contributed by atoms with Crippen LogP contribution >= 0.6 is 0 Å². The van der Waals surface area contributed by atoms with Gasteiger partial charge in [0.1, 0.15) is 34.7 Å². The molecule has 0 aliphatic carbocycles. The van der Waals surface area contributed by atoms with E-state index in [9.17, 15) is 9.00 Å². The van der Waals surface area contributed by atoms with Gasteiger partial charge in [0.05, 0.1) is 11.4 Å². The standard InChI is InChI=1S/C23H23N7O3S/c1-2-34(32)30-17-7-6-16(13-18(17)33-14-15-8-11-25-12-9-15)21-20(22(24)31)23(29-28-21)27-19-5-3-4-10-26-19/h3-13,30H,2,14H2,1H3,(H2,24,31)(H2,26,27,28,29). The lowest BCUT2D eigenvalue weighted by Crippen LogP contribution is -2.13. The number of nitrogens with zero attached hydrogens (tertiary/aromatic N) is 3. The van der Waals surface area contributed by atoms with Gasteiger partial charge < -0.3 is 20.5 Å². The fraction of sp³-hybridized carbons (Fsp3) is 0.130. The number of aromatic nitrogens is 4. The third-order valence-corrected chi connectivity index (χ3v) is 5.80. The third kappa shape index (κ3) is 5.38. The second-order valence-corrected chi connectivity index (χ2v) is 8.59. The first kappa shape index (κ1) is 22.9. The maximum atomic E-state index is 12.3. The van der Waals surface area contributed by atoms with E-state index < -0.39 is 16.9 Å². The molecule has 34 heavy (non-hydrogen) atoms. The van der Waals surface area contributed by atoms with Crippen LogP contribution in [0.15, 0.2) is 67.1 Å². The minimum atomic E-state index is -1.27. The van der Waals surface area contributed by atoms with E-state index in [0.717, 1.165) is 5.56 Å². The van der Waals surface area contributed by atoms with Crippen LogP contribution in [-0.4, -0.2) is 36.0 Å². The van der Waals surface area contributed by atoms with Crippen LogP contribution in [0, 0.1) is 0 Å². The number of rotatable bonds is 10. The van der Waals surface area contributed by atoms with Crippen LogP contribution in [0.3, 0.4) is 0 Å². The summed E-state index contributed by atoms with van der Waals surface area (Å²) in [5.41, 5.74) is 8.39. The van der Waals surface area contributed by atoms with Crippen LogP contribution in [0.4, 0.5) is 17.3 Å². The molecule has 5 N–H and O–H groups in total. The number of benzene rings is 1. The van der Waals surface area contributed by atoms with Crippen molar-refractivity contribution < 1.29 is 13.7 Å². The zero-order valence-electron chi connectivity index (χ0n) is 18.3. The normalized spacial score (nSPS) is 11.6. The second kappa shape index (κ2) is 10.6. The van der Waals surface area contributed by atoms with E-state index in [1.54, 1.807) is 48.9 Å².